The maximum absolute atomic E-state index is 16.9. The van der Waals surface area contributed by atoms with E-state index in [1.54, 1.807) is 7.11 Å². The largest absolute Gasteiger partial charge is 0.486 e. The van der Waals surface area contributed by atoms with E-state index in [9.17, 15) is 22.8 Å². The minimum atomic E-state index is -4.20. The summed E-state index contributed by atoms with van der Waals surface area (Å²) in [6, 6.07) is 4.82. The van der Waals surface area contributed by atoms with Crippen molar-refractivity contribution in [2.75, 3.05) is 65.9 Å². The Balaban J connectivity index is 1.10. The molecule has 5 fully saturated rings. The smallest absolute Gasteiger partial charge is 0.341 e. The highest BCUT2D eigenvalue weighted by Gasteiger charge is 2.50. The number of nitrogens with zero attached hydrogens (tertiary/aromatic N) is 4. The molecule has 4 saturated carbocycles. The van der Waals surface area contributed by atoms with E-state index < -0.39 is 39.2 Å². The molecule has 3 heterocycles. The third kappa shape index (κ3) is 6.77. The number of amides is 2. The van der Waals surface area contributed by atoms with Crippen LogP contribution in [0.3, 0.4) is 0 Å². The number of likely N-dealkylation sites (N-methyl/N-ethyl adjacent to an activating group) is 1. The van der Waals surface area contributed by atoms with E-state index in [-0.39, 0.29) is 48.2 Å². The molecule has 3 aromatic rings. The molecular formula is C41H52FN5O8S. The Morgan fingerprint density at radius 2 is 1.68 bits per heavy atom. The van der Waals surface area contributed by atoms with Crippen LogP contribution in [0.5, 0.6) is 5.75 Å². The zero-order valence-electron chi connectivity index (χ0n) is 33.0. The number of rotatable bonds is 9. The van der Waals surface area contributed by atoms with E-state index in [4.69, 9.17) is 13.9 Å². The monoisotopic (exact) mass is 793 g/mol. The number of aryl methyl sites for hydroxylation is 2. The Kier molecular flexibility index (Phi) is 10.2. The summed E-state index contributed by atoms with van der Waals surface area (Å²) in [6.07, 6.45) is 5.05. The third-order valence-corrected chi connectivity index (χ3v) is 14.6. The van der Waals surface area contributed by atoms with E-state index in [2.05, 4.69) is 22.9 Å². The van der Waals surface area contributed by atoms with Gasteiger partial charge in [-0.05, 0) is 112 Å². The summed E-state index contributed by atoms with van der Waals surface area (Å²) in [6.45, 7) is 7.18. The fraction of sp³-hybridized carbons (Fsp3) is 0.585. The Morgan fingerprint density at radius 3 is 2.34 bits per heavy atom. The molecule has 9 rings (SSSR count). The van der Waals surface area contributed by atoms with Gasteiger partial charge in [0, 0.05) is 64.0 Å². The van der Waals surface area contributed by atoms with Gasteiger partial charge >= 0.3 is 15.8 Å². The molecule has 15 heteroatoms. The van der Waals surface area contributed by atoms with Crippen molar-refractivity contribution >= 4 is 38.7 Å². The quantitative estimate of drug-likeness (QED) is 0.313. The Morgan fingerprint density at radius 1 is 1.00 bits per heavy atom. The topological polar surface area (TPSA) is 142 Å². The molecule has 0 unspecified atom stereocenters. The van der Waals surface area contributed by atoms with Crippen LogP contribution in [-0.2, 0) is 27.9 Å². The van der Waals surface area contributed by atoms with Crippen molar-refractivity contribution in [3.05, 3.63) is 67.8 Å². The predicted molar refractivity (Wildman–Crippen MR) is 209 cm³/mol. The van der Waals surface area contributed by atoms with Crippen LogP contribution in [0.25, 0.3) is 11.0 Å². The van der Waals surface area contributed by atoms with Gasteiger partial charge in [-0.2, -0.15) is 12.7 Å². The average Bonchev–Trinajstić information content (AvgIpc) is 3.15. The highest BCUT2D eigenvalue weighted by molar-refractivity contribution is 7.87. The minimum absolute atomic E-state index is 0.0850. The first-order valence-corrected chi connectivity index (χ1v) is 21.1. The molecule has 13 nitrogen and oxygen atoms in total. The molecule has 2 aliphatic heterocycles. The van der Waals surface area contributed by atoms with Crippen LogP contribution in [0, 0.1) is 43.3 Å². The van der Waals surface area contributed by atoms with Crippen molar-refractivity contribution in [3.63, 3.8) is 0 Å². The molecule has 302 valence electrons. The average molecular weight is 794 g/mol. The van der Waals surface area contributed by atoms with E-state index >= 15 is 4.39 Å². The van der Waals surface area contributed by atoms with Gasteiger partial charge < -0.3 is 23.7 Å². The number of anilines is 1. The van der Waals surface area contributed by atoms with E-state index in [1.165, 1.54) is 37.5 Å². The summed E-state index contributed by atoms with van der Waals surface area (Å²) in [5, 5.41) is 0.857. The number of hydrogen-bond donors (Lipinski definition) is 1. The SMILES string of the molecule is COC[C@H]1CN(c2cc(C)c3c4c(c(=O)oc3c2C)CN(C(=O)c2ccc(C(=O)NS(=O)(=O)N(C)C)c(OC3C5CC6CC(C5)CC3C6)c2F)CC4)CCN1C. The van der Waals surface area contributed by atoms with Crippen molar-refractivity contribution < 1.29 is 36.3 Å². The van der Waals surface area contributed by atoms with Crippen molar-refractivity contribution in [1.29, 1.82) is 0 Å². The van der Waals surface area contributed by atoms with Gasteiger partial charge in [-0.3, -0.25) is 14.5 Å². The zero-order valence-corrected chi connectivity index (χ0v) is 33.8. The number of halogens is 1. The van der Waals surface area contributed by atoms with Gasteiger partial charge in [0.2, 0.25) is 0 Å². The summed E-state index contributed by atoms with van der Waals surface area (Å²) in [7, 11) is 2.15. The number of methoxy groups -OCH3 is 1. The van der Waals surface area contributed by atoms with Crippen LogP contribution in [0.2, 0.25) is 0 Å². The molecule has 1 N–H and O–H groups in total. The number of benzene rings is 2. The van der Waals surface area contributed by atoms with Crippen molar-refractivity contribution in [2.24, 2.45) is 23.7 Å². The van der Waals surface area contributed by atoms with Crippen LogP contribution >= 0.6 is 0 Å². The molecule has 1 atom stereocenters. The van der Waals surface area contributed by atoms with Gasteiger partial charge in [0.25, 0.3) is 11.8 Å². The molecule has 2 amide bonds. The predicted octanol–water partition coefficient (Wildman–Crippen LogP) is 4.25. The highest BCUT2D eigenvalue weighted by Crippen LogP contribution is 2.55. The molecule has 4 bridgehead atoms. The van der Waals surface area contributed by atoms with E-state index in [0.29, 0.717) is 36.0 Å². The van der Waals surface area contributed by atoms with Crippen LogP contribution in [0.4, 0.5) is 10.1 Å². The lowest BCUT2D eigenvalue weighted by Gasteiger charge is -2.53. The lowest BCUT2D eigenvalue weighted by molar-refractivity contribution is -0.0802. The van der Waals surface area contributed by atoms with Gasteiger partial charge in [-0.1, -0.05) is 0 Å². The van der Waals surface area contributed by atoms with Crippen LogP contribution < -0.4 is 20.0 Å². The number of ether oxygens (including phenoxy) is 2. The van der Waals surface area contributed by atoms with Gasteiger partial charge in [-0.25, -0.2) is 13.9 Å². The number of nitrogens with one attached hydrogen (secondary N) is 1. The number of fused-ring (bicyclic) bond motifs is 3. The maximum Gasteiger partial charge on any atom is 0.341 e. The zero-order chi connectivity index (χ0) is 39.8. The van der Waals surface area contributed by atoms with E-state index in [1.807, 2.05) is 18.6 Å². The minimum Gasteiger partial charge on any atom is -0.486 e. The highest BCUT2D eigenvalue weighted by atomic mass is 32.2. The van der Waals surface area contributed by atoms with Crippen LogP contribution in [0.15, 0.2) is 27.4 Å². The molecule has 1 aromatic heterocycles. The molecule has 1 saturated heterocycles. The second-order valence-corrected chi connectivity index (χ2v) is 18.8. The molecule has 0 radical (unpaired) electrons. The maximum atomic E-state index is 16.9. The van der Waals surface area contributed by atoms with Gasteiger partial charge in [0.1, 0.15) is 11.7 Å². The summed E-state index contributed by atoms with van der Waals surface area (Å²) in [4.78, 5) is 47.4. The second-order valence-electron chi connectivity index (χ2n) is 16.9. The number of piperazine rings is 1. The summed E-state index contributed by atoms with van der Waals surface area (Å²) >= 11 is 0. The normalized spacial score (nSPS) is 26.2. The molecular weight excluding hydrogens is 742 g/mol. The molecule has 56 heavy (non-hydrogen) atoms. The standard InChI is InChI=1S/C41H52FN5O8S/c1-22-13-33(46-12-11-45(5)28(19-46)21-53-6)23(2)36-34(22)29-9-10-47(20-32(29)41(50)55-36)40(49)30-7-8-31(39(48)43-56(51,52)44(3)4)38(35(30)42)54-37-26-15-24-14-25(17-26)18-27(37)16-24/h7-8,13,24-28,37H,9-12,14-21H2,1-6H3,(H,43,48)/t24?,25?,26?,27?,28-,37?/m1/s1. The summed E-state index contributed by atoms with van der Waals surface area (Å²) in [5.41, 5.74) is 3.40. The third-order valence-electron chi connectivity index (χ3n) is 13.2. The number of carbonyl (C=O) groups is 2. The van der Waals surface area contributed by atoms with Crippen LogP contribution in [-0.4, -0.2) is 108 Å². The van der Waals surface area contributed by atoms with Crippen molar-refractivity contribution in [1.82, 2.24) is 18.8 Å². The lowest BCUT2D eigenvalue weighted by Crippen LogP contribution is -2.53. The fourth-order valence-electron chi connectivity index (χ4n) is 10.4. The van der Waals surface area contributed by atoms with Crippen molar-refractivity contribution in [2.45, 2.75) is 71.1 Å². The van der Waals surface area contributed by atoms with Gasteiger partial charge in [0.05, 0.1) is 35.9 Å². The first-order chi connectivity index (χ1) is 26.6. The van der Waals surface area contributed by atoms with Crippen molar-refractivity contribution in [3.8, 4) is 5.75 Å². The lowest BCUT2D eigenvalue weighted by atomic mass is 9.55. The number of hydrogen-bond acceptors (Lipinski definition) is 10. The van der Waals surface area contributed by atoms with Gasteiger partial charge in [-0.15, -0.1) is 0 Å². The number of carbonyl (C=O) groups excluding carboxylic acids is 2. The van der Waals surface area contributed by atoms with Crippen LogP contribution in [0.1, 0.15) is 75.1 Å². The summed E-state index contributed by atoms with van der Waals surface area (Å²) < 4.78 is 62.9. The van der Waals surface area contributed by atoms with E-state index in [0.717, 1.165) is 77.4 Å². The molecule has 6 aliphatic rings. The summed E-state index contributed by atoms with van der Waals surface area (Å²) in [5.74, 6) is -1.56. The fourth-order valence-corrected chi connectivity index (χ4v) is 11.0. The Hall–Kier alpha value is -4.05. The molecule has 4 aliphatic carbocycles. The Labute approximate surface area is 327 Å². The Bertz CT molecular complexity index is 2230. The second kappa shape index (κ2) is 14.7. The van der Waals surface area contributed by atoms with Gasteiger partial charge in [0.15, 0.2) is 11.6 Å². The first kappa shape index (κ1) is 38.8. The first-order valence-electron chi connectivity index (χ1n) is 19.7. The molecule has 0 spiro atoms. The molecule has 2 aromatic carbocycles.